The number of rotatable bonds is 6. The SMILES string of the molecule is COc1ccccc1CCNC(=O)N[C@H]1CC(=O)N(c2ccc(Cl)cc2)C1. The van der Waals surface area contributed by atoms with Gasteiger partial charge >= 0.3 is 6.03 Å². The molecule has 0 aliphatic carbocycles. The van der Waals surface area contributed by atoms with Crippen LogP contribution in [-0.4, -0.2) is 38.2 Å². The quantitative estimate of drug-likeness (QED) is 0.800. The number of halogens is 1. The van der Waals surface area contributed by atoms with E-state index >= 15 is 0 Å². The van der Waals surface area contributed by atoms with E-state index in [0.717, 1.165) is 17.0 Å². The van der Waals surface area contributed by atoms with Crippen molar-refractivity contribution < 1.29 is 14.3 Å². The van der Waals surface area contributed by atoms with Crippen LogP contribution >= 0.6 is 11.6 Å². The molecule has 7 heteroatoms. The van der Waals surface area contributed by atoms with Gasteiger partial charge in [-0.05, 0) is 42.3 Å². The smallest absolute Gasteiger partial charge is 0.315 e. The average Bonchev–Trinajstić information content (AvgIpc) is 3.02. The predicted molar refractivity (Wildman–Crippen MR) is 105 cm³/mol. The first-order valence-corrected chi connectivity index (χ1v) is 9.17. The Morgan fingerprint density at radius 1 is 1.22 bits per heavy atom. The van der Waals surface area contributed by atoms with Crippen LogP contribution in [0, 0.1) is 0 Å². The first kappa shape index (κ1) is 19.0. The van der Waals surface area contributed by atoms with Gasteiger partial charge in [0, 0.05) is 30.2 Å². The minimum atomic E-state index is -0.277. The van der Waals surface area contributed by atoms with Crippen molar-refractivity contribution >= 4 is 29.2 Å². The zero-order chi connectivity index (χ0) is 19.2. The van der Waals surface area contributed by atoms with Crippen LogP contribution in [0.15, 0.2) is 48.5 Å². The van der Waals surface area contributed by atoms with Crippen molar-refractivity contribution in [1.29, 1.82) is 0 Å². The van der Waals surface area contributed by atoms with Gasteiger partial charge in [0.2, 0.25) is 5.91 Å². The van der Waals surface area contributed by atoms with Crippen molar-refractivity contribution in [2.75, 3.05) is 25.1 Å². The van der Waals surface area contributed by atoms with Gasteiger partial charge in [0.15, 0.2) is 0 Å². The number of anilines is 1. The van der Waals surface area contributed by atoms with Crippen molar-refractivity contribution in [3.63, 3.8) is 0 Å². The normalized spacial score (nSPS) is 16.3. The van der Waals surface area contributed by atoms with E-state index < -0.39 is 0 Å². The van der Waals surface area contributed by atoms with Gasteiger partial charge in [-0.3, -0.25) is 4.79 Å². The summed E-state index contributed by atoms with van der Waals surface area (Å²) in [5, 5.41) is 6.32. The molecule has 142 valence electrons. The van der Waals surface area contributed by atoms with Gasteiger partial charge < -0.3 is 20.3 Å². The second-order valence-corrected chi connectivity index (χ2v) is 6.78. The molecule has 27 heavy (non-hydrogen) atoms. The molecule has 1 aliphatic heterocycles. The first-order valence-electron chi connectivity index (χ1n) is 8.79. The highest BCUT2D eigenvalue weighted by molar-refractivity contribution is 6.30. The summed E-state index contributed by atoms with van der Waals surface area (Å²) in [6, 6.07) is 14.3. The van der Waals surface area contributed by atoms with Crippen LogP contribution in [0.25, 0.3) is 0 Å². The molecule has 0 aromatic heterocycles. The summed E-state index contributed by atoms with van der Waals surface area (Å²) in [5.74, 6) is 0.788. The molecule has 1 fully saturated rings. The molecule has 1 aliphatic rings. The number of ether oxygens (including phenoxy) is 1. The molecule has 0 spiro atoms. The number of hydrogen-bond donors (Lipinski definition) is 2. The van der Waals surface area contributed by atoms with Crippen LogP contribution < -0.4 is 20.3 Å². The lowest BCUT2D eigenvalue weighted by Crippen LogP contribution is -2.43. The predicted octanol–water partition coefficient (Wildman–Crippen LogP) is 3.00. The first-order chi connectivity index (χ1) is 13.1. The number of benzene rings is 2. The molecule has 3 rings (SSSR count). The van der Waals surface area contributed by atoms with E-state index in [1.165, 1.54) is 0 Å². The van der Waals surface area contributed by atoms with Gasteiger partial charge in [-0.1, -0.05) is 29.8 Å². The third kappa shape index (κ3) is 4.92. The van der Waals surface area contributed by atoms with E-state index in [9.17, 15) is 9.59 Å². The van der Waals surface area contributed by atoms with E-state index in [1.54, 1.807) is 36.3 Å². The molecule has 1 heterocycles. The Morgan fingerprint density at radius 2 is 1.96 bits per heavy atom. The Balaban J connectivity index is 1.47. The van der Waals surface area contributed by atoms with Crippen LogP contribution in [0.5, 0.6) is 5.75 Å². The Morgan fingerprint density at radius 3 is 2.70 bits per heavy atom. The maximum absolute atomic E-state index is 12.2. The Hall–Kier alpha value is -2.73. The number of nitrogens with one attached hydrogen (secondary N) is 2. The number of hydrogen-bond acceptors (Lipinski definition) is 3. The molecular formula is C20H22ClN3O3. The summed E-state index contributed by atoms with van der Waals surface area (Å²) >= 11 is 5.89. The van der Waals surface area contributed by atoms with E-state index in [0.29, 0.717) is 24.5 Å². The van der Waals surface area contributed by atoms with Crippen molar-refractivity contribution in [3.05, 3.63) is 59.1 Å². The molecule has 3 amide bonds. The summed E-state index contributed by atoms with van der Waals surface area (Å²) < 4.78 is 5.30. The van der Waals surface area contributed by atoms with Gasteiger partial charge in [-0.25, -0.2) is 4.79 Å². The lowest BCUT2D eigenvalue weighted by atomic mass is 10.1. The number of methoxy groups -OCH3 is 1. The van der Waals surface area contributed by atoms with Crippen LogP contribution in [0.2, 0.25) is 5.02 Å². The maximum atomic E-state index is 12.2. The van der Waals surface area contributed by atoms with Gasteiger partial charge in [-0.2, -0.15) is 0 Å². The van der Waals surface area contributed by atoms with Crippen molar-refractivity contribution in [1.82, 2.24) is 10.6 Å². The van der Waals surface area contributed by atoms with E-state index in [4.69, 9.17) is 16.3 Å². The van der Waals surface area contributed by atoms with Crippen LogP contribution in [0.1, 0.15) is 12.0 Å². The fraction of sp³-hybridized carbons (Fsp3) is 0.300. The lowest BCUT2D eigenvalue weighted by Gasteiger charge is -2.17. The van der Waals surface area contributed by atoms with E-state index in [-0.39, 0.29) is 24.4 Å². The summed E-state index contributed by atoms with van der Waals surface area (Å²) in [6.45, 7) is 0.925. The summed E-state index contributed by atoms with van der Waals surface area (Å²) in [6.07, 6.45) is 0.945. The molecule has 0 bridgehead atoms. The molecule has 0 radical (unpaired) electrons. The number of amides is 3. The molecule has 2 N–H and O–H groups in total. The summed E-state index contributed by atoms with van der Waals surface area (Å²) in [7, 11) is 1.63. The molecule has 6 nitrogen and oxygen atoms in total. The molecule has 1 atom stereocenters. The molecule has 0 unspecified atom stereocenters. The molecule has 0 saturated carbocycles. The number of para-hydroxylation sites is 1. The second kappa shape index (κ2) is 8.77. The van der Waals surface area contributed by atoms with E-state index in [1.807, 2.05) is 24.3 Å². The Bertz CT molecular complexity index is 810. The van der Waals surface area contributed by atoms with Crippen LogP contribution in [0.3, 0.4) is 0 Å². The minimum Gasteiger partial charge on any atom is -0.496 e. The third-order valence-electron chi connectivity index (χ3n) is 4.47. The van der Waals surface area contributed by atoms with Crippen molar-refractivity contribution in [2.45, 2.75) is 18.9 Å². The van der Waals surface area contributed by atoms with E-state index in [2.05, 4.69) is 10.6 Å². The fourth-order valence-corrected chi connectivity index (χ4v) is 3.26. The van der Waals surface area contributed by atoms with Gasteiger partial charge in [0.05, 0.1) is 13.2 Å². The second-order valence-electron chi connectivity index (χ2n) is 6.34. The van der Waals surface area contributed by atoms with Crippen molar-refractivity contribution in [3.8, 4) is 5.75 Å². The number of urea groups is 1. The van der Waals surface area contributed by atoms with Crippen molar-refractivity contribution in [2.24, 2.45) is 0 Å². The lowest BCUT2D eigenvalue weighted by molar-refractivity contribution is -0.117. The number of carbonyl (C=O) groups is 2. The molecular weight excluding hydrogens is 366 g/mol. The summed E-state index contributed by atoms with van der Waals surface area (Å²) in [5.41, 5.74) is 1.82. The minimum absolute atomic E-state index is 0.0170. The summed E-state index contributed by atoms with van der Waals surface area (Å²) in [4.78, 5) is 26.0. The monoisotopic (exact) mass is 387 g/mol. The Kier molecular flexibility index (Phi) is 6.19. The number of nitrogens with zero attached hydrogens (tertiary/aromatic N) is 1. The topological polar surface area (TPSA) is 70.7 Å². The largest absolute Gasteiger partial charge is 0.496 e. The van der Waals surface area contributed by atoms with Gasteiger partial charge in [-0.15, -0.1) is 0 Å². The zero-order valence-corrected chi connectivity index (χ0v) is 15.8. The van der Waals surface area contributed by atoms with Gasteiger partial charge in [0.25, 0.3) is 0 Å². The third-order valence-corrected chi connectivity index (χ3v) is 4.72. The highest BCUT2D eigenvalue weighted by Gasteiger charge is 2.31. The van der Waals surface area contributed by atoms with Crippen LogP contribution in [-0.2, 0) is 11.2 Å². The molecule has 2 aromatic carbocycles. The Labute approximate surface area is 163 Å². The molecule has 1 saturated heterocycles. The maximum Gasteiger partial charge on any atom is 0.315 e. The molecule has 2 aromatic rings. The highest BCUT2D eigenvalue weighted by atomic mass is 35.5. The number of carbonyl (C=O) groups excluding carboxylic acids is 2. The zero-order valence-electron chi connectivity index (χ0n) is 15.1. The van der Waals surface area contributed by atoms with Crippen LogP contribution in [0.4, 0.5) is 10.5 Å². The highest BCUT2D eigenvalue weighted by Crippen LogP contribution is 2.23. The standard InChI is InChI=1S/C20H22ClN3O3/c1-27-18-5-3-2-4-14(18)10-11-22-20(26)23-16-12-19(25)24(13-16)17-8-6-15(21)7-9-17/h2-9,16H,10-13H2,1H3,(H2,22,23,26)/t16-/m0/s1. The average molecular weight is 388 g/mol. The van der Waals surface area contributed by atoms with Gasteiger partial charge in [0.1, 0.15) is 5.75 Å². The fourth-order valence-electron chi connectivity index (χ4n) is 3.13.